The van der Waals surface area contributed by atoms with Gasteiger partial charge in [-0.25, -0.2) is 4.39 Å². The summed E-state index contributed by atoms with van der Waals surface area (Å²) < 4.78 is 18.2. The average Bonchev–Trinajstić information content (AvgIpc) is 3.03. The van der Waals surface area contributed by atoms with Crippen molar-refractivity contribution < 1.29 is 18.7 Å². The van der Waals surface area contributed by atoms with Crippen LogP contribution in [0.3, 0.4) is 0 Å². The lowest BCUT2D eigenvalue weighted by Crippen LogP contribution is -2.43. The summed E-state index contributed by atoms with van der Waals surface area (Å²) in [5.41, 5.74) is -0.285. The lowest BCUT2D eigenvalue weighted by atomic mass is 9.83. The molecular formula is C17H18FNO3S. The Hall–Kier alpha value is -1.79. The van der Waals surface area contributed by atoms with E-state index >= 15 is 0 Å². The van der Waals surface area contributed by atoms with Gasteiger partial charge in [-0.15, -0.1) is 11.8 Å². The second-order valence-corrected chi connectivity index (χ2v) is 6.71. The number of amides is 1. The van der Waals surface area contributed by atoms with Gasteiger partial charge in [-0.2, -0.15) is 0 Å². The van der Waals surface area contributed by atoms with Gasteiger partial charge in [-0.05, 0) is 43.2 Å². The molecule has 0 aliphatic heterocycles. The molecule has 1 aliphatic rings. The minimum absolute atomic E-state index is 0.164. The molecule has 0 spiro atoms. The monoisotopic (exact) mass is 335 g/mol. The SMILES string of the molecule is O=C(CSc1ccc(F)cc1)NCC1(O)CCCc2occc21. The molecule has 0 fully saturated rings. The lowest BCUT2D eigenvalue weighted by molar-refractivity contribution is -0.120. The van der Waals surface area contributed by atoms with Crippen LogP contribution in [0.2, 0.25) is 0 Å². The van der Waals surface area contributed by atoms with Gasteiger partial charge in [0, 0.05) is 16.9 Å². The van der Waals surface area contributed by atoms with Crippen LogP contribution in [-0.4, -0.2) is 23.3 Å². The first-order valence-corrected chi connectivity index (χ1v) is 8.50. The van der Waals surface area contributed by atoms with Crippen LogP contribution in [0.5, 0.6) is 0 Å². The number of aryl methyl sites for hydroxylation is 1. The van der Waals surface area contributed by atoms with Crippen LogP contribution in [0, 0.1) is 5.82 Å². The molecule has 122 valence electrons. The fourth-order valence-corrected chi connectivity index (χ4v) is 3.51. The van der Waals surface area contributed by atoms with E-state index < -0.39 is 5.60 Å². The summed E-state index contributed by atoms with van der Waals surface area (Å²) in [6.45, 7) is 0.169. The summed E-state index contributed by atoms with van der Waals surface area (Å²) >= 11 is 1.33. The quantitative estimate of drug-likeness (QED) is 0.825. The standard InChI is InChI=1S/C17H18FNO3S/c18-12-3-5-13(6-4-12)23-10-16(20)19-11-17(21)8-1-2-15-14(17)7-9-22-15/h3-7,9,21H,1-2,8,10-11H2,(H,19,20). The number of carbonyl (C=O) groups excluding carboxylic acids is 1. The smallest absolute Gasteiger partial charge is 0.230 e. The Morgan fingerprint density at radius 2 is 2.13 bits per heavy atom. The Labute approximate surface area is 138 Å². The molecule has 1 aromatic heterocycles. The Bertz CT molecular complexity index is 685. The predicted molar refractivity (Wildman–Crippen MR) is 85.7 cm³/mol. The number of hydrogen-bond acceptors (Lipinski definition) is 4. The highest BCUT2D eigenvalue weighted by Crippen LogP contribution is 2.35. The van der Waals surface area contributed by atoms with Crippen LogP contribution < -0.4 is 5.32 Å². The van der Waals surface area contributed by atoms with Crippen LogP contribution in [0.25, 0.3) is 0 Å². The first-order chi connectivity index (χ1) is 11.1. The fraction of sp³-hybridized carbons (Fsp3) is 0.353. The maximum absolute atomic E-state index is 12.8. The third-order valence-corrected chi connectivity index (χ3v) is 5.01. The van der Waals surface area contributed by atoms with E-state index in [2.05, 4.69) is 5.32 Å². The number of furan rings is 1. The van der Waals surface area contributed by atoms with E-state index in [1.807, 2.05) is 0 Å². The zero-order valence-electron chi connectivity index (χ0n) is 12.5. The van der Waals surface area contributed by atoms with E-state index in [4.69, 9.17) is 4.42 Å². The normalized spacial score (nSPS) is 20.1. The van der Waals surface area contributed by atoms with Gasteiger partial charge in [0.1, 0.15) is 17.2 Å². The van der Waals surface area contributed by atoms with Crippen LogP contribution in [0.15, 0.2) is 45.9 Å². The van der Waals surface area contributed by atoms with Gasteiger partial charge in [0.05, 0.1) is 18.6 Å². The van der Waals surface area contributed by atoms with Gasteiger partial charge < -0.3 is 14.8 Å². The van der Waals surface area contributed by atoms with E-state index in [1.165, 1.54) is 23.9 Å². The molecule has 0 radical (unpaired) electrons. The highest BCUT2D eigenvalue weighted by Gasteiger charge is 2.36. The molecular weight excluding hydrogens is 317 g/mol. The molecule has 6 heteroatoms. The fourth-order valence-electron chi connectivity index (χ4n) is 2.78. The second kappa shape index (κ2) is 6.76. The lowest BCUT2D eigenvalue weighted by Gasteiger charge is -2.31. The summed E-state index contributed by atoms with van der Waals surface area (Å²) in [5, 5.41) is 13.5. The van der Waals surface area contributed by atoms with Gasteiger partial charge >= 0.3 is 0 Å². The van der Waals surface area contributed by atoms with E-state index in [-0.39, 0.29) is 24.0 Å². The first-order valence-electron chi connectivity index (χ1n) is 7.51. The largest absolute Gasteiger partial charge is 0.469 e. The number of aliphatic hydroxyl groups is 1. The maximum atomic E-state index is 12.8. The molecule has 0 bridgehead atoms. The number of fused-ring (bicyclic) bond motifs is 1. The van der Waals surface area contributed by atoms with Crippen LogP contribution in [-0.2, 0) is 16.8 Å². The molecule has 0 saturated heterocycles. The van der Waals surface area contributed by atoms with Gasteiger partial charge in [0.2, 0.25) is 5.91 Å². The van der Waals surface area contributed by atoms with Gasteiger partial charge in [0.15, 0.2) is 0 Å². The number of halogens is 1. The number of nitrogens with one attached hydrogen (secondary N) is 1. The van der Waals surface area contributed by atoms with Crippen molar-refractivity contribution in [1.82, 2.24) is 5.32 Å². The zero-order chi connectivity index (χ0) is 16.3. The Kier molecular flexibility index (Phi) is 4.73. The number of thioether (sulfide) groups is 1. The Balaban J connectivity index is 1.52. The average molecular weight is 335 g/mol. The Morgan fingerprint density at radius 1 is 1.35 bits per heavy atom. The van der Waals surface area contributed by atoms with Gasteiger partial charge in [-0.3, -0.25) is 4.79 Å². The maximum Gasteiger partial charge on any atom is 0.230 e. The van der Waals surface area contributed by atoms with Crippen LogP contribution in [0.1, 0.15) is 24.2 Å². The van der Waals surface area contributed by atoms with Crippen molar-refractivity contribution in [3.8, 4) is 0 Å². The van der Waals surface area contributed by atoms with Crippen molar-refractivity contribution in [1.29, 1.82) is 0 Å². The van der Waals surface area contributed by atoms with Crippen LogP contribution >= 0.6 is 11.8 Å². The molecule has 1 atom stereocenters. The van der Waals surface area contributed by atoms with E-state index in [9.17, 15) is 14.3 Å². The summed E-state index contributed by atoms with van der Waals surface area (Å²) in [6.07, 6.45) is 3.83. The molecule has 3 rings (SSSR count). The van der Waals surface area contributed by atoms with Gasteiger partial charge in [-0.1, -0.05) is 0 Å². The van der Waals surface area contributed by atoms with E-state index in [0.29, 0.717) is 6.42 Å². The Morgan fingerprint density at radius 3 is 2.91 bits per heavy atom. The summed E-state index contributed by atoms with van der Waals surface area (Å²) in [5.74, 6) is 0.561. The summed E-state index contributed by atoms with van der Waals surface area (Å²) in [4.78, 5) is 12.8. The van der Waals surface area contributed by atoms with Crippen molar-refractivity contribution in [3.63, 3.8) is 0 Å². The van der Waals surface area contributed by atoms with Crippen molar-refractivity contribution in [3.05, 3.63) is 53.7 Å². The van der Waals surface area contributed by atoms with E-state index in [0.717, 1.165) is 29.1 Å². The molecule has 1 aromatic carbocycles. The van der Waals surface area contributed by atoms with Gasteiger partial charge in [0.25, 0.3) is 0 Å². The molecule has 2 N–H and O–H groups in total. The third kappa shape index (κ3) is 3.76. The molecule has 0 saturated carbocycles. The van der Waals surface area contributed by atoms with Crippen LogP contribution in [0.4, 0.5) is 4.39 Å². The molecule has 1 heterocycles. The molecule has 2 aromatic rings. The summed E-state index contributed by atoms with van der Waals surface area (Å²) in [7, 11) is 0. The molecule has 1 unspecified atom stereocenters. The highest BCUT2D eigenvalue weighted by atomic mass is 32.2. The van der Waals surface area contributed by atoms with E-state index in [1.54, 1.807) is 24.5 Å². The molecule has 1 aliphatic carbocycles. The molecule has 1 amide bonds. The topological polar surface area (TPSA) is 62.5 Å². The number of rotatable bonds is 5. The minimum Gasteiger partial charge on any atom is -0.469 e. The van der Waals surface area contributed by atoms with Crippen molar-refractivity contribution in [2.45, 2.75) is 29.8 Å². The summed E-state index contributed by atoms with van der Waals surface area (Å²) in [6, 6.07) is 7.78. The number of benzene rings is 1. The molecule has 4 nitrogen and oxygen atoms in total. The van der Waals surface area contributed by atoms with Crippen molar-refractivity contribution >= 4 is 17.7 Å². The zero-order valence-corrected chi connectivity index (χ0v) is 13.4. The number of hydrogen-bond donors (Lipinski definition) is 2. The van der Waals surface area contributed by atoms with Crippen molar-refractivity contribution in [2.24, 2.45) is 0 Å². The second-order valence-electron chi connectivity index (χ2n) is 5.66. The number of carbonyl (C=O) groups is 1. The minimum atomic E-state index is -1.06. The predicted octanol–water partition coefficient (Wildman–Crippen LogP) is 2.85. The highest BCUT2D eigenvalue weighted by molar-refractivity contribution is 8.00. The molecule has 23 heavy (non-hydrogen) atoms. The first kappa shape index (κ1) is 16.1. The van der Waals surface area contributed by atoms with Crippen molar-refractivity contribution in [2.75, 3.05) is 12.3 Å². The third-order valence-electron chi connectivity index (χ3n) is 4.00.